The molecular weight excluding hydrogens is 306 g/mol. The highest BCUT2D eigenvalue weighted by Gasteiger charge is 2.16. The second-order valence-corrected chi connectivity index (χ2v) is 6.89. The van der Waals surface area contributed by atoms with Crippen molar-refractivity contribution in [2.75, 3.05) is 11.9 Å². The van der Waals surface area contributed by atoms with E-state index in [1.54, 1.807) is 0 Å². The average Bonchev–Trinajstić information content (AvgIpc) is 2.47. The largest absolute Gasteiger partial charge is 0.444 e. The first-order chi connectivity index (χ1) is 11.2. The van der Waals surface area contributed by atoms with Crippen LogP contribution in [0.25, 0.3) is 0 Å². The van der Waals surface area contributed by atoms with Crippen LogP contribution in [0.4, 0.5) is 10.5 Å². The molecule has 0 saturated heterocycles. The third kappa shape index (κ3) is 8.53. The van der Waals surface area contributed by atoms with E-state index in [0.29, 0.717) is 13.0 Å². The number of rotatable bonds is 7. The van der Waals surface area contributed by atoms with Gasteiger partial charge >= 0.3 is 6.09 Å². The van der Waals surface area contributed by atoms with Gasteiger partial charge in [0.15, 0.2) is 0 Å². The van der Waals surface area contributed by atoms with Crippen LogP contribution in [0.5, 0.6) is 0 Å². The maximum absolute atomic E-state index is 12.0. The van der Waals surface area contributed by atoms with Gasteiger partial charge in [-0.3, -0.25) is 4.79 Å². The summed E-state index contributed by atoms with van der Waals surface area (Å²) in [4.78, 5) is 23.5. The summed E-state index contributed by atoms with van der Waals surface area (Å²) >= 11 is 0. The molecule has 1 unspecified atom stereocenters. The smallest absolute Gasteiger partial charge is 0.407 e. The summed E-state index contributed by atoms with van der Waals surface area (Å²) in [6.07, 6.45) is 1.63. The molecular formula is C18H29N3O3. The molecule has 2 amide bonds. The zero-order valence-electron chi connectivity index (χ0n) is 15.0. The van der Waals surface area contributed by atoms with E-state index in [9.17, 15) is 9.59 Å². The number of unbranched alkanes of at least 4 members (excludes halogenated alkanes) is 1. The number of benzene rings is 1. The molecule has 0 bridgehead atoms. The number of anilines is 1. The molecule has 0 aromatic heterocycles. The minimum absolute atomic E-state index is 0.195. The zero-order chi connectivity index (χ0) is 18.2. The van der Waals surface area contributed by atoms with Gasteiger partial charge in [0.25, 0.3) is 0 Å². The third-order valence-corrected chi connectivity index (χ3v) is 3.27. The van der Waals surface area contributed by atoms with Gasteiger partial charge in [0, 0.05) is 12.2 Å². The Morgan fingerprint density at radius 1 is 1.17 bits per heavy atom. The fraction of sp³-hybridized carbons (Fsp3) is 0.556. The van der Waals surface area contributed by atoms with Gasteiger partial charge in [-0.15, -0.1) is 0 Å². The second kappa shape index (κ2) is 9.27. The molecule has 0 aliphatic rings. The Morgan fingerprint density at radius 2 is 1.79 bits per heavy atom. The number of nitrogens with one attached hydrogen (secondary N) is 2. The molecule has 0 radical (unpaired) electrons. The van der Waals surface area contributed by atoms with Crippen molar-refractivity contribution in [3.8, 4) is 0 Å². The predicted octanol–water partition coefficient (Wildman–Crippen LogP) is 2.96. The molecule has 24 heavy (non-hydrogen) atoms. The molecule has 0 spiro atoms. The Kier molecular flexibility index (Phi) is 7.71. The van der Waals surface area contributed by atoms with Gasteiger partial charge < -0.3 is 21.1 Å². The Hall–Kier alpha value is -2.08. The third-order valence-electron chi connectivity index (χ3n) is 3.27. The Morgan fingerprint density at radius 3 is 2.38 bits per heavy atom. The normalized spacial score (nSPS) is 12.4. The van der Waals surface area contributed by atoms with Crippen LogP contribution in [0.3, 0.4) is 0 Å². The molecule has 0 aliphatic carbocycles. The first-order valence-corrected chi connectivity index (χ1v) is 8.27. The van der Waals surface area contributed by atoms with Crippen molar-refractivity contribution in [2.45, 2.75) is 58.6 Å². The van der Waals surface area contributed by atoms with E-state index in [2.05, 4.69) is 10.6 Å². The van der Waals surface area contributed by atoms with E-state index in [-0.39, 0.29) is 5.91 Å². The molecule has 1 rings (SSSR count). The molecule has 6 heteroatoms. The SMILES string of the molecule is Cc1ccc(NC(=O)C(N)CCCCNC(=O)OC(C)(C)C)cc1. The highest BCUT2D eigenvalue weighted by molar-refractivity contribution is 5.94. The molecule has 6 nitrogen and oxygen atoms in total. The Bertz CT molecular complexity index is 535. The summed E-state index contributed by atoms with van der Waals surface area (Å²) in [6, 6.07) is 7.01. The maximum Gasteiger partial charge on any atom is 0.407 e. The van der Waals surface area contributed by atoms with E-state index in [0.717, 1.165) is 24.1 Å². The van der Waals surface area contributed by atoms with E-state index >= 15 is 0 Å². The number of hydrogen-bond donors (Lipinski definition) is 3. The number of amides is 2. The van der Waals surface area contributed by atoms with Gasteiger partial charge in [-0.2, -0.15) is 0 Å². The molecule has 1 aromatic carbocycles. The number of ether oxygens (including phenoxy) is 1. The lowest BCUT2D eigenvalue weighted by Crippen LogP contribution is -2.36. The molecule has 0 saturated carbocycles. The van der Waals surface area contributed by atoms with Crippen molar-refractivity contribution < 1.29 is 14.3 Å². The molecule has 0 fully saturated rings. The summed E-state index contributed by atoms with van der Waals surface area (Å²) in [5.74, 6) is -0.195. The standard InChI is InChI=1S/C18H29N3O3/c1-13-8-10-14(11-9-13)21-16(22)15(19)7-5-6-12-20-17(23)24-18(2,3)4/h8-11,15H,5-7,12,19H2,1-4H3,(H,20,23)(H,21,22). The molecule has 134 valence electrons. The van der Waals surface area contributed by atoms with Crippen molar-refractivity contribution in [1.29, 1.82) is 0 Å². The van der Waals surface area contributed by atoms with E-state index in [1.165, 1.54) is 0 Å². The predicted molar refractivity (Wildman–Crippen MR) is 95.9 cm³/mol. The lowest BCUT2D eigenvalue weighted by Gasteiger charge is -2.19. The van der Waals surface area contributed by atoms with Gasteiger partial charge in [0.2, 0.25) is 5.91 Å². The van der Waals surface area contributed by atoms with E-state index < -0.39 is 17.7 Å². The summed E-state index contributed by atoms with van der Waals surface area (Å²) in [5.41, 5.74) is 7.27. The van der Waals surface area contributed by atoms with Crippen molar-refractivity contribution in [3.05, 3.63) is 29.8 Å². The van der Waals surface area contributed by atoms with Crippen LogP contribution in [-0.2, 0) is 9.53 Å². The minimum atomic E-state index is -0.562. The van der Waals surface area contributed by atoms with Gasteiger partial charge in [-0.25, -0.2) is 4.79 Å². The van der Waals surface area contributed by atoms with Crippen molar-refractivity contribution in [1.82, 2.24) is 5.32 Å². The summed E-state index contributed by atoms with van der Waals surface area (Å²) < 4.78 is 5.14. The summed E-state index contributed by atoms with van der Waals surface area (Å²) in [5, 5.41) is 5.48. The first-order valence-electron chi connectivity index (χ1n) is 8.27. The Labute approximate surface area is 144 Å². The van der Waals surface area contributed by atoms with Crippen LogP contribution in [0, 0.1) is 6.92 Å². The monoisotopic (exact) mass is 335 g/mol. The van der Waals surface area contributed by atoms with Gasteiger partial charge in [-0.1, -0.05) is 17.7 Å². The number of nitrogens with two attached hydrogens (primary N) is 1. The highest BCUT2D eigenvalue weighted by atomic mass is 16.6. The fourth-order valence-electron chi connectivity index (χ4n) is 2.00. The maximum atomic E-state index is 12.0. The van der Waals surface area contributed by atoms with Crippen LogP contribution in [-0.4, -0.2) is 30.2 Å². The minimum Gasteiger partial charge on any atom is -0.444 e. The van der Waals surface area contributed by atoms with Gasteiger partial charge in [-0.05, 0) is 59.1 Å². The summed E-state index contributed by atoms with van der Waals surface area (Å²) in [7, 11) is 0. The Balaban J connectivity index is 2.19. The number of aryl methyl sites for hydroxylation is 1. The quantitative estimate of drug-likeness (QED) is 0.668. The zero-order valence-corrected chi connectivity index (χ0v) is 15.0. The number of carbonyl (C=O) groups is 2. The van der Waals surface area contributed by atoms with Crippen LogP contribution in [0.2, 0.25) is 0 Å². The fourth-order valence-corrected chi connectivity index (χ4v) is 2.00. The van der Waals surface area contributed by atoms with Crippen LogP contribution < -0.4 is 16.4 Å². The summed E-state index contributed by atoms with van der Waals surface area (Å²) in [6.45, 7) is 7.94. The van der Waals surface area contributed by atoms with Crippen molar-refractivity contribution >= 4 is 17.7 Å². The topological polar surface area (TPSA) is 93.5 Å². The second-order valence-electron chi connectivity index (χ2n) is 6.89. The molecule has 1 aromatic rings. The number of alkyl carbamates (subject to hydrolysis) is 1. The molecule has 4 N–H and O–H groups in total. The average molecular weight is 335 g/mol. The molecule has 1 atom stereocenters. The molecule has 0 heterocycles. The highest BCUT2D eigenvalue weighted by Crippen LogP contribution is 2.10. The lowest BCUT2D eigenvalue weighted by molar-refractivity contribution is -0.117. The van der Waals surface area contributed by atoms with Gasteiger partial charge in [0.1, 0.15) is 5.60 Å². The number of hydrogen-bond acceptors (Lipinski definition) is 4. The van der Waals surface area contributed by atoms with E-state index in [4.69, 9.17) is 10.5 Å². The van der Waals surface area contributed by atoms with Crippen LogP contribution >= 0.6 is 0 Å². The number of carbonyl (C=O) groups excluding carboxylic acids is 2. The lowest BCUT2D eigenvalue weighted by atomic mass is 10.1. The molecule has 0 aliphatic heterocycles. The van der Waals surface area contributed by atoms with Crippen LogP contribution in [0.1, 0.15) is 45.6 Å². The van der Waals surface area contributed by atoms with Crippen molar-refractivity contribution in [3.63, 3.8) is 0 Å². The van der Waals surface area contributed by atoms with Crippen molar-refractivity contribution in [2.24, 2.45) is 5.73 Å². The van der Waals surface area contributed by atoms with Gasteiger partial charge in [0.05, 0.1) is 6.04 Å². The first kappa shape index (κ1) is 20.0. The van der Waals surface area contributed by atoms with Crippen LogP contribution in [0.15, 0.2) is 24.3 Å². The van der Waals surface area contributed by atoms with E-state index in [1.807, 2.05) is 52.0 Å².